The maximum atomic E-state index is 3.28. The molecule has 0 fully saturated rings. The molecule has 0 saturated heterocycles. The lowest BCUT2D eigenvalue weighted by Crippen LogP contribution is -2.31. The molecule has 150 valence electrons. The molecule has 4 heteroatoms. The van der Waals surface area contributed by atoms with E-state index in [4.69, 9.17) is 0 Å². The zero-order valence-electron chi connectivity index (χ0n) is 18.0. The van der Waals surface area contributed by atoms with E-state index in [9.17, 15) is 0 Å². The highest BCUT2D eigenvalue weighted by molar-refractivity contribution is 7.19. The third-order valence-electron chi connectivity index (χ3n) is 5.57. The van der Waals surface area contributed by atoms with Gasteiger partial charge in [0, 0.05) is 24.8 Å². The first kappa shape index (κ1) is 21.4. The first-order valence-electron chi connectivity index (χ1n) is 9.94. The van der Waals surface area contributed by atoms with Crippen LogP contribution in [-0.2, 0) is 22.1 Å². The van der Waals surface area contributed by atoms with Crippen LogP contribution in [0.15, 0.2) is 49.1 Å². The van der Waals surface area contributed by atoms with Crippen molar-refractivity contribution in [1.82, 2.24) is 9.97 Å². The summed E-state index contributed by atoms with van der Waals surface area (Å²) in [7, 11) is 6.15. The normalized spacial score (nSPS) is 13.1. The molecule has 2 heterocycles. The molecule has 2 N–H and O–H groups in total. The van der Waals surface area contributed by atoms with Crippen LogP contribution in [0.1, 0.15) is 74.9 Å². The Hall–Kier alpha value is -1.36. The van der Waals surface area contributed by atoms with Crippen LogP contribution in [0.3, 0.4) is 0 Å². The Labute approximate surface area is 174 Å². The van der Waals surface area contributed by atoms with Crippen molar-refractivity contribution in [2.24, 2.45) is 0 Å². The van der Waals surface area contributed by atoms with E-state index in [1.54, 1.807) is 0 Å². The van der Waals surface area contributed by atoms with Gasteiger partial charge in [-0.15, -0.1) is 18.5 Å². The van der Waals surface area contributed by atoms with Crippen molar-refractivity contribution in [2.75, 3.05) is 0 Å². The minimum atomic E-state index is -0.324. The number of H-pyrrole nitrogens is 2. The average molecular weight is 412 g/mol. The standard InChI is InChI=1S/C24H34N2P2/c1-22(2,3)19-8-7-16(15-27)20(21(19)23(4,5)6)24(28,17-9-11-25-13-17)18-10-12-26-14-18/h7-14,25-26H,15,27-28H2,1-6H3. The largest absolute Gasteiger partial charge is 0.367 e. The van der Waals surface area contributed by atoms with Gasteiger partial charge >= 0.3 is 0 Å². The molecular weight excluding hydrogens is 378 g/mol. The Morgan fingerprint density at radius 3 is 1.64 bits per heavy atom. The maximum absolute atomic E-state index is 3.28. The second-order valence-corrected chi connectivity index (χ2v) is 11.0. The van der Waals surface area contributed by atoms with Crippen molar-refractivity contribution in [1.29, 1.82) is 0 Å². The predicted octanol–water partition coefficient (Wildman–Crippen LogP) is 6.48. The first-order chi connectivity index (χ1) is 13.0. The highest BCUT2D eigenvalue weighted by Crippen LogP contribution is 2.52. The summed E-state index contributed by atoms with van der Waals surface area (Å²) in [6.07, 6.45) is 9.22. The number of aromatic nitrogens is 2. The molecule has 0 aliphatic heterocycles. The summed E-state index contributed by atoms with van der Waals surface area (Å²) in [4.78, 5) is 6.56. The second kappa shape index (κ2) is 7.47. The number of nitrogens with one attached hydrogen (secondary N) is 2. The molecule has 0 bridgehead atoms. The summed E-state index contributed by atoms with van der Waals surface area (Å²) in [6, 6.07) is 9.07. The molecule has 0 aliphatic carbocycles. The van der Waals surface area contributed by atoms with Crippen LogP contribution < -0.4 is 0 Å². The third kappa shape index (κ3) is 3.62. The van der Waals surface area contributed by atoms with Crippen molar-refractivity contribution in [2.45, 2.75) is 63.7 Å². The van der Waals surface area contributed by atoms with Crippen molar-refractivity contribution < 1.29 is 0 Å². The van der Waals surface area contributed by atoms with Gasteiger partial charge < -0.3 is 9.97 Å². The lowest BCUT2D eigenvalue weighted by atomic mass is 9.68. The number of hydrogen-bond acceptors (Lipinski definition) is 0. The molecule has 0 saturated carbocycles. The minimum absolute atomic E-state index is 0.0161. The molecular formula is C24H34N2P2. The molecule has 1 aromatic carbocycles. The van der Waals surface area contributed by atoms with E-state index in [0.717, 1.165) is 6.16 Å². The highest BCUT2D eigenvalue weighted by atomic mass is 31.0. The zero-order valence-corrected chi connectivity index (χ0v) is 20.3. The van der Waals surface area contributed by atoms with E-state index >= 15 is 0 Å². The Balaban J connectivity index is 2.51. The summed E-state index contributed by atoms with van der Waals surface area (Å²) in [5, 5.41) is -0.324. The Kier molecular flexibility index (Phi) is 5.70. The molecule has 3 rings (SSSR count). The number of benzene rings is 1. The smallest absolute Gasteiger partial charge is 0.0626 e. The van der Waals surface area contributed by atoms with Gasteiger partial charge in [0.1, 0.15) is 0 Å². The van der Waals surface area contributed by atoms with Gasteiger partial charge in [0.25, 0.3) is 0 Å². The average Bonchev–Trinajstić information content (AvgIpc) is 3.31. The van der Waals surface area contributed by atoms with Gasteiger partial charge in [0.15, 0.2) is 0 Å². The quantitative estimate of drug-likeness (QED) is 0.460. The first-order valence-corrected chi connectivity index (χ1v) is 11.3. The minimum Gasteiger partial charge on any atom is -0.367 e. The number of aromatic amines is 2. The Bertz CT molecular complexity index is 890. The molecule has 28 heavy (non-hydrogen) atoms. The molecule has 2 nitrogen and oxygen atoms in total. The SMILES string of the molecule is CC(C)(C)c1ccc(CP)c(C(P)(c2cc[nH]c2)c2cc[nH]c2)c1C(C)(C)C. The Morgan fingerprint density at radius 2 is 1.29 bits per heavy atom. The van der Waals surface area contributed by atoms with Crippen molar-refractivity contribution in [3.05, 3.63) is 82.4 Å². The molecule has 2 atom stereocenters. The van der Waals surface area contributed by atoms with Gasteiger partial charge in [-0.25, -0.2) is 0 Å². The van der Waals surface area contributed by atoms with E-state index in [0.29, 0.717) is 0 Å². The topological polar surface area (TPSA) is 31.6 Å². The fourth-order valence-electron chi connectivity index (χ4n) is 4.26. The van der Waals surface area contributed by atoms with Crippen LogP contribution in [0.2, 0.25) is 0 Å². The Morgan fingerprint density at radius 1 is 0.750 bits per heavy atom. The molecule has 0 amide bonds. The molecule has 0 radical (unpaired) electrons. The summed E-state index contributed by atoms with van der Waals surface area (Å²) in [6.45, 7) is 14.0. The van der Waals surface area contributed by atoms with Crippen molar-refractivity contribution in [3.63, 3.8) is 0 Å². The van der Waals surface area contributed by atoms with Gasteiger partial charge in [-0.05, 0) is 62.5 Å². The van der Waals surface area contributed by atoms with Gasteiger partial charge in [0.05, 0.1) is 5.16 Å². The van der Waals surface area contributed by atoms with Crippen LogP contribution in [0, 0.1) is 0 Å². The van der Waals surface area contributed by atoms with Gasteiger partial charge in [-0.2, -0.15) is 0 Å². The van der Waals surface area contributed by atoms with E-state index in [-0.39, 0.29) is 16.0 Å². The van der Waals surface area contributed by atoms with Crippen LogP contribution in [0.4, 0.5) is 0 Å². The molecule has 0 aliphatic rings. The number of hydrogen-bond donors (Lipinski definition) is 2. The fourth-order valence-corrected chi connectivity index (χ4v) is 5.29. The van der Waals surface area contributed by atoms with Crippen molar-refractivity contribution in [3.8, 4) is 0 Å². The summed E-state index contributed by atoms with van der Waals surface area (Å²) in [5.74, 6) is 0. The van der Waals surface area contributed by atoms with Crippen molar-refractivity contribution >= 4 is 18.5 Å². The predicted molar refractivity (Wildman–Crippen MR) is 128 cm³/mol. The lowest BCUT2D eigenvalue weighted by molar-refractivity contribution is 0.521. The highest BCUT2D eigenvalue weighted by Gasteiger charge is 2.40. The van der Waals surface area contributed by atoms with E-state index in [1.165, 1.54) is 33.4 Å². The number of rotatable bonds is 4. The summed E-state index contributed by atoms with van der Waals surface area (Å²) >= 11 is 0. The molecule has 2 aromatic heterocycles. The second-order valence-electron chi connectivity index (χ2n) is 9.73. The van der Waals surface area contributed by atoms with Gasteiger partial charge in [0.2, 0.25) is 0 Å². The van der Waals surface area contributed by atoms with Gasteiger partial charge in [-0.1, -0.05) is 53.7 Å². The molecule has 2 unspecified atom stereocenters. The lowest BCUT2D eigenvalue weighted by Gasteiger charge is -2.40. The van der Waals surface area contributed by atoms with E-state index in [2.05, 4.69) is 107 Å². The molecule has 3 aromatic rings. The molecule has 0 spiro atoms. The zero-order chi connectivity index (χ0) is 20.7. The van der Waals surface area contributed by atoms with E-state index in [1.807, 2.05) is 12.4 Å². The van der Waals surface area contributed by atoms with Gasteiger partial charge in [-0.3, -0.25) is 0 Å². The van der Waals surface area contributed by atoms with Crippen LogP contribution >= 0.6 is 18.5 Å². The van der Waals surface area contributed by atoms with Crippen LogP contribution in [0.25, 0.3) is 0 Å². The summed E-state index contributed by atoms with van der Waals surface area (Å²) < 4.78 is 0. The summed E-state index contributed by atoms with van der Waals surface area (Å²) in [5.41, 5.74) is 8.27. The van der Waals surface area contributed by atoms with Crippen LogP contribution in [-0.4, -0.2) is 9.97 Å². The van der Waals surface area contributed by atoms with Crippen LogP contribution in [0.5, 0.6) is 0 Å². The third-order valence-corrected chi connectivity index (χ3v) is 6.97. The monoisotopic (exact) mass is 412 g/mol. The maximum Gasteiger partial charge on any atom is 0.0626 e. The fraction of sp³-hybridized carbons (Fsp3) is 0.417. The van der Waals surface area contributed by atoms with E-state index < -0.39 is 0 Å².